The quantitative estimate of drug-likeness (QED) is 0.741. The van der Waals surface area contributed by atoms with E-state index >= 15 is 0 Å². The van der Waals surface area contributed by atoms with Gasteiger partial charge >= 0.3 is 12.0 Å². The minimum absolute atomic E-state index is 0.0357. The van der Waals surface area contributed by atoms with Crippen molar-refractivity contribution in [3.05, 3.63) is 24.0 Å². The van der Waals surface area contributed by atoms with Crippen LogP contribution in [0.2, 0.25) is 0 Å². The van der Waals surface area contributed by atoms with E-state index < -0.39 is 5.97 Å². The Labute approximate surface area is 116 Å². The summed E-state index contributed by atoms with van der Waals surface area (Å²) in [6.45, 7) is 2.61. The molecule has 1 aromatic rings. The van der Waals surface area contributed by atoms with Gasteiger partial charge in [-0.15, -0.1) is 0 Å². The molecule has 1 heterocycles. The van der Waals surface area contributed by atoms with Crippen molar-refractivity contribution in [2.24, 2.45) is 5.92 Å². The molecule has 2 amide bonds. The van der Waals surface area contributed by atoms with Gasteiger partial charge in [-0.25, -0.2) is 9.59 Å². The van der Waals surface area contributed by atoms with E-state index in [-0.39, 0.29) is 11.6 Å². The zero-order chi connectivity index (χ0) is 14.3. The highest BCUT2D eigenvalue weighted by Crippen LogP contribution is 2.08. The lowest BCUT2D eigenvalue weighted by Crippen LogP contribution is -2.33. The number of aromatic carboxylic acids is 1. The molecule has 0 aliphatic rings. The fraction of sp³-hybridized carbons (Fsp3) is 0.417. The molecule has 0 radical (unpaired) electrons. The number of aromatic nitrogens is 1. The van der Waals surface area contributed by atoms with Gasteiger partial charge in [-0.05, 0) is 24.0 Å². The number of carboxylic acids is 1. The number of nitrogens with one attached hydrogen (secondary N) is 2. The van der Waals surface area contributed by atoms with Crippen molar-refractivity contribution >= 4 is 29.4 Å². The number of rotatable bonds is 6. The molecule has 7 heteroatoms. The minimum atomic E-state index is -1.08. The fourth-order valence-electron chi connectivity index (χ4n) is 1.41. The number of hydrogen-bond donors (Lipinski definition) is 3. The van der Waals surface area contributed by atoms with Crippen molar-refractivity contribution in [2.45, 2.75) is 6.92 Å². The Bertz CT molecular complexity index is 454. The van der Waals surface area contributed by atoms with Gasteiger partial charge in [-0.2, -0.15) is 11.8 Å². The van der Waals surface area contributed by atoms with E-state index in [2.05, 4.69) is 15.6 Å². The van der Waals surface area contributed by atoms with Gasteiger partial charge in [0.15, 0.2) is 0 Å². The lowest BCUT2D eigenvalue weighted by molar-refractivity contribution is 0.0696. The summed E-state index contributed by atoms with van der Waals surface area (Å²) in [7, 11) is 0. The third-order valence-corrected chi connectivity index (χ3v) is 3.21. The van der Waals surface area contributed by atoms with Crippen LogP contribution < -0.4 is 10.6 Å². The monoisotopic (exact) mass is 283 g/mol. The largest absolute Gasteiger partial charge is 0.478 e. The van der Waals surface area contributed by atoms with Gasteiger partial charge in [-0.1, -0.05) is 6.92 Å². The van der Waals surface area contributed by atoms with E-state index in [1.165, 1.54) is 18.5 Å². The second-order valence-electron chi connectivity index (χ2n) is 4.16. The molecule has 19 heavy (non-hydrogen) atoms. The molecule has 0 fully saturated rings. The highest BCUT2D eigenvalue weighted by molar-refractivity contribution is 7.98. The van der Waals surface area contributed by atoms with Crippen LogP contribution >= 0.6 is 11.8 Å². The summed E-state index contributed by atoms with van der Waals surface area (Å²) in [5.41, 5.74) is 0.392. The zero-order valence-electron chi connectivity index (χ0n) is 10.8. The molecule has 1 aromatic heterocycles. The van der Waals surface area contributed by atoms with Crippen molar-refractivity contribution in [3.63, 3.8) is 0 Å². The summed E-state index contributed by atoms with van der Waals surface area (Å²) in [4.78, 5) is 26.1. The van der Waals surface area contributed by atoms with Crippen molar-refractivity contribution in [2.75, 3.05) is 23.9 Å². The first-order chi connectivity index (χ1) is 9.02. The third kappa shape index (κ3) is 5.60. The standard InChI is InChI=1S/C12H17N3O3S/c1-8(7-19-2)4-14-12(18)15-10-3-9(11(16)17)5-13-6-10/h3,5-6,8H,4,7H2,1-2H3,(H,16,17)(H2,14,15,18). The maximum Gasteiger partial charge on any atom is 0.337 e. The molecule has 0 aliphatic carbocycles. The number of urea groups is 1. The molecule has 0 saturated carbocycles. The molecule has 0 bridgehead atoms. The summed E-state index contributed by atoms with van der Waals surface area (Å²) in [6.07, 6.45) is 4.64. The normalized spacial score (nSPS) is 11.7. The SMILES string of the molecule is CSCC(C)CNC(=O)Nc1cncc(C(=O)O)c1. The van der Waals surface area contributed by atoms with Crippen LogP contribution in [0.3, 0.4) is 0 Å². The second-order valence-corrected chi connectivity index (χ2v) is 5.07. The van der Waals surface area contributed by atoms with Gasteiger partial charge in [0.1, 0.15) is 0 Å². The van der Waals surface area contributed by atoms with Crippen molar-refractivity contribution < 1.29 is 14.7 Å². The first kappa shape index (κ1) is 15.3. The van der Waals surface area contributed by atoms with E-state index in [0.29, 0.717) is 18.2 Å². The average Bonchev–Trinajstić information content (AvgIpc) is 2.37. The van der Waals surface area contributed by atoms with Gasteiger partial charge in [0.2, 0.25) is 0 Å². The Hall–Kier alpha value is -1.76. The molecule has 0 aliphatic heterocycles. The highest BCUT2D eigenvalue weighted by atomic mass is 32.2. The Kier molecular flexibility index (Phi) is 6.14. The molecule has 0 saturated heterocycles. The average molecular weight is 283 g/mol. The van der Waals surface area contributed by atoms with Gasteiger partial charge in [0, 0.05) is 12.7 Å². The van der Waals surface area contributed by atoms with Gasteiger partial charge < -0.3 is 15.7 Å². The fourth-order valence-corrected chi connectivity index (χ4v) is 2.10. The van der Waals surface area contributed by atoms with Gasteiger partial charge in [0.05, 0.1) is 17.4 Å². The maximum absolute atomic E-state index is 11.6. The van der Waals surface area contributed by atoms with E-state index in [0.717, 1.165) is 5.75 Å². The van der Waals surface area contributed by atoms with Crippen LogP contribution in [-0.4, -0.2) is 40.6 Å². The number of thioether (sulfide) groups is 1. The molecule has 104 valence electrons. The Morgan fingerprint density at radius 3 is 2.84 bits per heavy atom. The van der Waals surface area contributed by atoms with Crippen LogP contribution in [0, 0.1) is 5.92 Å². The second kappa shape index (κ2) is 7.63. The lowest BCUT2D eigenvalue weighted by atomic mass is 10.2. The first-order valence-electron chi connectivity index (χ1n) is 5.75. The van der Waals surface area contributed by atoms with Crippen LogP contribution in [-0.2, 0) is 0 Å². The van der Waals surface area contributed by atoms with Crippen LogP contribution in [0.15, 0.2) is 18.5 Å². The van der Waals surface area contributed by atoms with Crippen molar-refractivity contribution in [1.29, 1.82) is 0 Å². The van der Waals surface area contributed by atoms with Crippen LogP contribution in [0.1, 0.15) is 17.3 Å². The molecular formula is C12H17N3O3S. The molecule has 0 aromatic carbocycles. The number of carbonyl (C=O) groups is 2. The molecule has 1 unspecified atom stereocenters. The van der Waals surface area contributed by atoms with Crippen LogP contribution in [0.25, 0.3) is 0 Å². The Balaban J connectivity index is 2.48. The summed E-state index contributed by atoms with van der Waals surface area (Å²) >= 11 is 1.72. The van der Waals surface area contributed by atoms with Gasteiger partial charge in [0.25, 0.3) is 0 Å². The Morgan fingerprint density at radius 1 is 1.47 bits per heavy atom. The highest BCUT2D eigenvalue weighted by Gasteiger charge is 2.08. The minimum Gasteiger partial charge on any atom is -0.478 e. The summed E-state index contributed by atoms with van der Waals surface area (Å²) in [6, 6.07) is 0.998. The number of anilines is 1. The third-order valence-electron chi connectivity index (χ3n) is 2.31. The predicted octanol–water partition coefficient (Wildman–Crippen LogP) is 1.90. The van der Waals surface area contributed by atoms with E-state index in [1.54, 1.807) is 11.8 Å². The summed E-state index contributed by atoms with van der Waals surface area (Å²) in [5, 5.41) is 14.1. The number of carbonyl (C=O) groups excluding carboxylic acids is 1. The van der Waals surface area contributed by atoms with Crippen molar-refractivity contribution in [1.82, 2.24) is 10.3 Å². The number of nitrogens with zero attached hydrogens (tertiary/aromatic N) is 1. The smallest absolute Gasteiger partial charge is 0.337 e. The van der Waals surface area contributed by atoms with E-state index in [4.69, 9.17) is 5.11 Å². The predicted molar refractivity (Wildman–Crippen MR) is 75.8 cm³/mol. The topological polar surface area (TPSA) is 91.3 Å². The number of hydrogen-bond acceptors (Lipinski definition) is 4. The van der Waals surface area contributed by atoms with Crippen LogP contribution in [0.5, 0.6) is 0 Å². The van der Waals surface area contributed by atoms with Crippen molar-refractivity contribution in [3.8, 4) is 0 Å². The van der Waals surface area contributed by atoms with Gasteiger partial charge in [-0.3, -0.25) is 4.98 Å². The van der Waals surface area contributed by atoms with Crippen LogP contribution in [0.4, 0.5) is 10.5 Å². The molecule has 1 rings (SSSR count). The van der Waals surface area contributed by atoms with E-state index in [1.807, 2.05) is 13.2 Å². The lowest BCUT2D eigenvalue weighted by Gasteiger charge is -2.12. The molecule has 0 spiro atoms. The number of amides is 2. The molecule has 1 atom stereocenters. The Morgan fingerprint density at radius 2 is 2.21 bits per heavy atom. The number of pyridine rings is 1. The maximum atomic E-state index is 11.6. The molecular weight excluding hydrogens is 266 g/mol. The van der Waals surface area contributed by atoms with E-state index in [9.17, 15) is 9.59 Å². The number of carboxylic acid groups (broad SMARTS) is 1. The first-order valence-corrected chi connectivity index (χ1v) is 7.14. The molecule has 3 N–H and O–H groups in total. The zero-order valence-corrected chi connectivity index (χ0v) is 11.7. The summed E-state index contributed by atoms with van der Waals surface area (Å²) in [5.74, 6) is 0.269. The molecule has 6 nitrogen and oxygen atoms in total. The summed E-state index contributed by atoms with van der Waals surface area (Å²) < 4.78 is 0.